The number of nitrogens with two attached hydrogens (primary N) is 1. The van der Waals surface area contributed by atoms with Gasteiger partial charge in [-0.15, -0.1) is 0 Å². The lowest BCUT2D eigenvalue weighted by molar-refractivity contribution is -0.136. The van der Waals surface area contributed by atoms with Gasteiger partial charge in [0.25, 0.3) is 5.56 Å². The van der Waals surface area contributed by atoms with Gasteiger partial charge in [0.15, 0.2) is 6.61 Å². The minimum Gasteiger partial charge on any atom is -0.454 e. The van der Waals surface area contributed by atoms with E-state index in [2.05, 4.69) is 0 Å². The Labute approximate surface area is 161 Å². The molecule has 0 unspecified atom stereocenters. The second-order valence-electron chi connectivity index (χ2n) is 6.28. The number of rotatable bonds is 7. The van der Waals surface area contributed by atoms with Crippen LogP contribution in [-0.4, -0.2) is 27.5 Å². The van der Waals surface area contributed by atoms with Gasteiger partial charge in [-0.05, 0) is 30.5 Å². The predicted octanol–water partition coefficient (Wildman–Crippen LogP) is 1.29. The van der Waals surface area contributed by atoms with Gasteiger partial charge in [0.1, 0.15) is 11.4 Å². The predicted molar refractivity (Wildman–Crippen MR) is 106 cm³/mol. The first-order valence-electron chi connectivity index (χ1n) is 8.80. The van der Waals surface area contributed by atoms with Gasteiger partial charge >= 0.3 is 11.7 Å². The maximum atomic E-state index is 12.4. The minimum absolute atomic E-state index is 0.216. The summed E-state index contributed by atoms with van der Waals surface area (Å²) in [6.45, 7) is 3.35. The van der Waals surface area contributed by atoms with Crippen molar-refractivity contribution >= 4 is 23.6 Å². The molecule has 0 fully saturated rings. The third kappa shape index (κ3) is 4.46. The molecule has 0 saturated heterocycles. The number of aryl methyl sites for hydroxylation is 1. The van der Waals surface area contributed by atoms with Gasteiger partial charge in [0.2, 0.25) is 5.78 Å². The zero-order valence-electron chi connectivity index (χ0n) is 16.1. The second-order valence-corrected chi connectivity index (χ2v) is 6.28. The number of benzene rings is 1. The number of aromatic nitrogens is 2. The molecule has 1 aromatic carbocycles. The number of carbonyl (C=O) groups excluding carboxylic acids is 2. The van der Waals surface area contributed by atoms with E-state index >= 15 is 0 Å². The topological polar surface area (TPSA) is 113 Å². The van der Waals surface area contributed by atoms with Crippen molar-refractivity contribution in [2.75, 3.05) is 12.3 Å². The summed E-state index contributed by atoms with van der Waals surface area (Å²) in [7, 11) is 1.27. The number of hydrogen-bond donors (Lipinski definition) is 1. The maximum absolute atomic E-state index is 12.4. The Balaban J connectivity index is 2.17. The second kappa shape index (κ2) is 8.98. The van der Waals surface area contributed by atoms with Crippen molar-refractivity contribution < 1.29 is 14.3 Å². The van der Waals surface area contributed by atoms with E-state index in [0.29, 0.717) is 6.42 Å². The number of nitrogens with zero attached hydrogens (tertiary/aromatic N) is 2. The molecule has 2 N–H and O–H groups in total. The molecule has 0 aliphatic carbocycles. The van der Waals surface area contributed by atoms with Crippen LogP contribution in [0.1, 0.15) is 34.8 Å². The normalized spacial score (nSPS) is 11.0. The van der Waals surface area contributed by atoms with Gasteiger partial charge < -0.3 is 10.5 Å². The van der Waals surface area contributed by atoms with Crippen LogP contribution in [0.5, 0.6) is 0 Å². The number of ether oxygens (including phenoxy) is 1. The highest BCUT2D eigenvalue weighted by molar-refractivity contribution is 6.02. The van der Waals surface area contributed by atoms with Crippen molar-refractivity contribution in [2.24, 2.45) is 7.05 Å². The Morgan fingerprint density at radius 3 is 2.54 bits per heavy atom. The van der Waals surface area contributed by atoms with Crippen LogP contribution < -0.4 is 17.0 Å². The van der Waals surface area contributed by atoms with Crippen LogP contribution in [0.3, 0.4) is 0 Å². The quantitative estimate of drug-likeness (QED) is 0.436. The molecule has 0 aliphatic heterocycles. The molecule has 8 nitrogen and oxygen atoms in total. The van der Waals surface area contributed by atoms with Crippen molar-refractivity contribution in [3.05, 3.63) is 67.9 Å². The van der Waals surface area contributed by atoms with Gasteiger partial charge in [-0.1, -0.05) is 31.2 Å². The first-order valence-corrected chi connectivity index (χ1v) is 8.80. The summed E-state index contributed by atoms with van der Waals surface area (Å²) in [5.41, 5.74) is 5.93. The molecular weight excluding hydrogens is 362 g/mol. The van der Waals surface area contributed by atoms with E-state index < -0.39 is 29.6 Å². The van der Waals surface area contributed by atoms with E-state index in [1.54, 1.807) is 6.08 Å². The van der Waals surface area contributed by atoms with Crippen LogP contribution in [0, 0.1) is 6.92 Å². The molecule has 1 heterocycles. The van der Waals surface area contributed by atoms with E-state index in [9.17, 15) is 19.2 Å². The summed E-state index contributed by atoms with van der Waals surface area (Å²) in [4.78, 5) is 48.7. The average molecular weight is 385 g/mol. The molecule has 0 radical (unpaired) electrons. The number of ketones is 1. The number of Topliss-reactive ketones (excluding diaryl/α,β-unsaturated/α-hetero) is 1. The summed E-state index contributed by atoms with van der Waals surface area (Å²) in [5.74, 6) is -1.71. The largest absolute Gasteiger partial charge is 0.454 e. The zero-order chi connectivity index (χ0) is 20.8. The maximum Gasteiger partial charge on any atom is 0.332 e. The first-order chi connectivity index (χ1) is 13.3. The van der Waals surface area contributed by atoms with Crippen molar-refractivity contribution in [2.45, 2.75) is 26.8 Å². The average Bonchev–Trinajstić information content (AvgIpc) is 2.67. The van der Waals surface area contributed by atoms with Crippen LogP contribution in [0.25, 0.3) is 6.08 Å². The SMILES string of the molecule is CCCn1c(N)c(C(=O)COC(=O)/C=C/c2ccccc2C)c(=O)n(C)c1=O. The molecule has 0 spiro atoms. The van der Waals surface area contributed by atoms with Crippen LogP contribution in [0.4, 0.5) is 5.82 Å². The Hall–Kier alpha value is -3.42. The van der Waals surface area contributed by atoms with Gasteiger partial charge in [-0.3, -0.25) is 18.7 Å². The number of anilines is 1. The Morgan fingerprint density at radius 1 is 1.21 bits per heavy atom. The lowest BCUT2D eigenvalue weighted by Gasteiger charge is -2.13. The molecule has 0 aliphatic rings. The van der Waals surface area contributed by atoms with Gasteiger partial charge in [0.05, 0.1) is 0 Å². The standard InChI is InChI=1S/C20H23N3O5/c1-4-11-23-18(21)17(19(26)22(3)20(23)27)15(24)12-28-16(25)10-9-14-8-6-5-7-13(14)2/h5-10H,4,11-12,21H2,1-3H3/b10-9+. The Bertz CT molecular complexity index is 1050. The number of carbonyl (C=O) groups is 2. The van der Waals surface area contributed by atoms with Gasteiger partial charge in [0, 0.05) is 19.7 Å². The molecule has 8 heteroatoms. The molecule has 1 aromatic heterocycles. The lowest BCUT2D eigenvalue weighted by atomic mass is 10.1. The molecule has 0 bridgehead atoms. The summed E-state index contributed by atoms with van der Waals surface area (Å²) in [6, 6.07) is 7.46. The summed E-state index contributed by atoms with van der Waals surface area (Å²) in [6.07, 6.45) is 3.38. The monoisotopic (exact) mass is 385 g/mol. The van der Waals surface area contributed by atoms with E-state index in [0.717, 1.165) is 20.3 Å². The molecule has 2 rings (SSSR count). The van der Waals surface area contributed by atoms with Crippen molar-refractivity contribution in [1.29, 1.82) is 0 Å². The minimum atomic E-state index is -0.814. The molecule has 0 saturated carbocycles. The third-order valence-corrected chi connectivity index (χ3v) is 4.24. The molecule has 2 aromatic rings. The number of nitrogen functional groups attached to an aromatic ring is 1. The first kappa shape index (κ1) is 20.9. The molecular formula is C20H23N3O5. The van der Waals surface area contributed by atoms with E-state index in [1.165, 1.54) is 13.1 Å². The molecule has 148 valence electrons. The number of esters is 1. The summed E-state index contributed by atoms with van der Waals surface area (Å²) >= 11 is 0. The van der Waals surface area contributed by atoms with E-state index in [4.69, 9.17) is 10.5 Å². The van der Waals surface area contributed by atoms with E-state index in [-0.39, 0.29) is 17.9 Å². The van der Waals surface area contributed by atoms with Gasteiger partial charge in [-0.25, -0.2) is 9.59 Å². The summed E-state index contributed by atoms with van der Waals surface area (Å²) in [5, 5.41) is 0. The third-order valence-electron chi connectivity index (χ3n) is 4.24. The van der Waals surface area contributed by atoms with Crippen molar-refractivity contribution in [3.63, 3.8) is 0 Å². The molecule has 0 amide bonds. The Morgan fingerprint density at radius 2 is 1.89 bits per heavy atom. The fourth-order valence-electron chi connectivity index (χ4n) is 2.67. The van der Waals surface area contributed by atoms with Crippen LogP contribution in [-0.2, 0) is 23.1 Å². The van der Waals surface area contributed by atoms with Crippen LogP contribution in [0.2, 0.25) is 0 Å². The van der Waals surface area contributed by atoms with Crippen LogP contribution in [0.15, 0.2) is 39.9 Å². The van der Waals surface area contributed by atoms with Crippen molar-refractivity contribution in [3.8, 4) is 0 Å². The fourth-order valence-corrected chi connectivity index (χ4v) is 2.67. The Kier molecular flexibility index (Phi) is 6.70. The smallest absolute Gasteiger partial charge is 0.332 e. The fraction of sp³-hybridized carbons (Fsp3) is 0.300. The highest BCUT2D eigenvalue weighted by Gasteiger charge is 2.22. The van der Waals surface area contributed by atoms with Crippen LogP contribution >= 0.6 is 0 Å². The lowest BCUT2D eigenvalue weighted by Crippen LogP contribution is -2.43. The molecule has 0 atom stereocenters. The highest BCUT2D eigenvalue weighted by Crippen LogP contribution is 2.09. The van der Waals surface area contributed by atoms with E-state index in [1.807, 2.05) is 38.1 Å². The highest BCUT2D eigenvalue weighted by atomic mass is 16.5. The van der Waals surface area contributed by atoms with Gasteiger partial charge in [-0.2, -0.15) is 0 Å². The molecule has 28 heavy (non-hydrogen) atoms. The van der Waals surface area contributed by atoms with Crippen molar-refractivity contribution in [1.82, 2.24) is 9.13 Å². The summed E-state index contributed by atoms with van der Waals surface area (Å²) < 4.78 is 6.91. The zero-order valence-corrected chi connectivity index (χ0v) is 16.1. The number of hydrogen-bond acceptors (Lipinski definition) is 6.